The first kappa shape index (κ1) is 11.2. The Bertz CT molecular complexity index is 439. The molecule has 16 heavy (non-hydrogen) atoms. The standard InChI is InChI=1S/C14H14ClN/c15-14-7-2-1-5-13(14)6-3-4-12-8-10-16-11-9-12/h1-2,5,7-11H,3-4,6H2. The van der Waals surface area contributed by atoms with Crippen LogP contribution in [0.25, 0.3) is 0 Å². The van der Waals surface area contributed by atoms with Gasteiger partial charge in [0, 0.05) is 17.4 Å². The molecule has 0 N–H and O–H groups in total. The Balaban J connectivity index is 1.87. The summed E-state index contributed by atoms with van der Waals surface area (Å²) in [6, 6.07) is 12.2. The highest BCUT2D eigenvalue weighted by Crippen LogP contribution is 2.17. The van der Waals surface area contributed by atoms with Crippen molar-refractivity contribution in [1.29, 1.82) is 0 Å². The van der Waals surface area contributed by atoms with Crippen LogP contribution in [0, 0.1) is 0 Å². The third kappa shape index (κ3) is 3.07. The van der Waals surface area contributed by atoms with E-state index in [9.17, 15) is 0 Å². The number of pyridine rings is 1. The van der Waals surface area contributed by atoms with E-state index in [1.807, 2.05) is 30.6 Å². The SMILES string of the molecule is Clc1ccccc1CCCc1ccncc1. The predicted molar refractivity (Wildman–Crippen MR) is 67.7 cm³/mol. The predicted octanol–water partition coefficient (Wildman–Crippen LogP) is 3.91. The minimum Gasteiger partial charge on any atom is -0.265 e. The molecule has 0 aliphatic rings. The lowest BCUT2D eigenvalue weighted by Crippen LogP contribution is -1.91. The molecule has 2 aromatic rings. The Hall–Kier alpha value is -1.34. The fraction of sp³-hybridized carbons (Fsp3) is 0.214. The van der Waals surface area contributed by atoms with Gasteiger partial charge in [0.25, 0.3) is 0 Å². The Labute approximate surface area is 101 Å². The van der Waals surface area contributed by atoms with Crippen molar-refractivity contribution in [3.8, 4) is 0 Å². The lowest BCUT2D eigenvalue weighted by Gasteiger charge is -2.03. The van der Waals surface area contributed by atoms with Crippen molar-refractivity contribution in [2.24, 2.45) is 0 Å². The van der Waals surface area contributed by atoms with Crippen LogP contribution >= 0.6 is 11.6 Å². The summed E-state index contributed by atoms with van der Waals surface area (Å²) in [6.07, 6.45) is 6.90. The molecule has 0 radical (unpaired) electrons. The average molecular weight is 232 g/mol. The van der Waals surface area contributed by atoms with Crippen LogP contribution in [0.1, 0.15) is 17.5 Å². The van der Waals surface area contributed by atoms with E-state index in [1.165, 1.54) is 11.1 Å². The Kier molecular flexibility index (Phi) is 3.95. The van der Waals surface area contributed by atoms with Crippen molar-refractivity contribution in [2.75, 3.05) is 0 Å². The van der Waals surface area contributed by atoms with Gasteiger partial charge in [-0.15, -0.1) is 0 Å². The van der Waals surface area contributed by atoms with E-state index < -0.39 is 0 Å². The molecule has 0 saturated heterocycles. The number of nitrogens with zero attached hydrogens (tertiary/aromatic N) is 1. The van der Waals surface area contributed by atoms with Crippen LogP contribution in [-0.2, 0) is 12.8 Å². The molecule has 0 spiro atoms. The van der Waals surface area contributed by atoms with Gasteiger partial charge in [0.2, 0.25) is 0 Å². The van der Waals surface area contributed by atoms with Crippen LogP contribution in [0.5, 0.6) is 0 Å². The van der Waals surface area contributed by atoms with Crippen LogP contribution in [0.3, 0.4) is 0 Å². The Morgan fingerprint density at radius 2 is 1.69 bits per heavy atom. The van der Waals surface area contributed by atoms with Crippen molar-refractivity contribution >= 4 is 11.6 Å². The average Bonchev–Trinajstić information content (AvgIpc) is 2.33. The monoisotopic (exact) mass is 231 g/mol. The van der Waals surface area contributed by atoms with E-state index in [0.29, 0.717) is 0 Å². The summed E-state index contributed by atoms with van der Waals surface area (Å²) in [5.41, 5.74) is 2.57. The van der Waals surface area contributed by atoms with Gasteiger partial charge in [-0.1, -0.05) is 29.8 Å². The lowest BCUT2D eigenvalue weighted by molar-refractivity contribution is 0.819. The molecular formula is C14H14ClN. The molecule has 0 bridgehead atoms. The number of hydrogen-bond acceptors (Lipinski definition) is 1. The zero-order valence-corrected chi connectivity index (χ0v) is 9.82. The van der Waals surface area contributed by atoms with Gasteiger partial charge in [0.05, 0.1) is 0 Å². The molecule has 0 fully saturated rings. The first-order valence-corrected chi connectivity index (χ1v) is 5.86. The highest BCUT2D eigenvalue weighted by molar-refractivity contribution is 6.31. The van der Waals surface area contributed by atoms with E-state index in [0.717, 1.165) is 24.3 Å². The molecule has 82 valence electrons. The molecule has 0 amide bonds. The van der Waals surface area contributed by atoms with Crippen molar-refractivity contribution in [3.63, 3.8) is 0 Å². The highest BCUT2D eigenvalue weighted by Gasteiger charge is 1.99. The zero-order valence-electron chi connectivity index (χ0n) is 9.07. The molecule has 0 saturated carbocycles. The van der Waals surface area contributed by atoms with Crippen LogP contribution in [-0.4, -0.2) is 4.98 Å². The quantitative estimate of drug-likeness (QED) is 0.778. The van der Waals surface area contributed by atoms with Crippen molar-refractivity contribution in [1.82, 2.24) is 4.98 Å². The molecule has 1 aromatic heterocycles. The molecule has 1 aromatic carbocycles. The van der Waals surface area contributed by atoms with Crippen molar-refractivity contribution in [3.05, 3.63) is 64.9 Å². The normalized spacial score (nSPS) is 10.3. The van der Waals surface area contributed by atoms with Crippen molar-refractivity contribution < 1.29 is 0 Å². The maximum Gasteiger partial charge on any atom is 0.0437 e. The fourth-order valence-electron chi connectivity index (χ4n) is 1.73. The number of benzene rings is 1. The summed E-state index contributed by atoms with van der Waals surface area (Å²) in [7, 11) is 0. The molecule has 2 heteroatoms. The summed E-state index contributed by atoms with van der Waals surface area (Å²) in [5, 5.41) is 0.872. The smallest absolute Gasteiger partial charge is 0.0437 e. The second kappa shape index (κ2) is 5.66. The second-order valence-electron chi connectivity index (χ2n) is 3.80. The van der Waals surface area contributed by atoms with Gasteiger partial charge >= 0.3 is 0 Å². The van der Waals surface area contributed by atoms with Gasteiger partial charge in [-0.3, -0.25) is 4.98 Å². The third-order valence-electron chi connectivity index (χ3n) is 2.62. The summed E-state index contributed by atoms with van der Waals surface area (Å²) >= 11 is 6.10. The van der Waals surface area contributed by atoms with Crippen molar-refractivity contribution in [2.45, 2.75) is 19.3 Å². The first-order valence-electron chi connectivity index (χ1n) is 5.48. The molecule has 1 nitrogen and oxygen atoms in total. The fourth-order valence-corrected chi connectivity index (χ4v) is 1.96. The summed E-state index contributed by atoms with van der Waals surface area (Å²) in [4.78, 5) is 4.00. The van der Waals surface area contributed by atoms with Crippen LogP contribution < -0.4 is 0 Å². The maximum absolute atomic E-state index is 6.10. The van der Waals surface area contributed by atoms with E-state index in [-0.39, 0.29) is 0 Å². The molecule has 0 aliphatic heterocycles. The first-order chi connectivity index (χ1) is 7.86. The van der Waals surface area contributed by atoms with Gasteiger partial charge in [-0.2, -0.15) is 0 Å². The summed E-state index contributed by atoms with van der Waals surface area (Å²) in [6.45, 7) is 0. The summed E-state index contributed by atoms with van der Waals surface area (Å²) < 4.78 is 0. The highest BCUT2D eigenvalue weighted by atomic mass is 35.5. The number of halogens is 1. The molecule has 0 unspecified atom stereocenters. The maximum atomic E-state index is 6.10. The van der Waals surface area contributed by atoms with E-state index >= 15 is 0 Å². The molecule has 1 heterocycles. The number of hydrogen-bond donors (Lipinski definition) is 0. The largest absolute Gasteiger partial charge is 0.265 e. The minimum absolute atomic E-state index is 0.872. The third-order valence-corrected chi connectivity index (χ3v) is 2.99. The zero-order chi connectivity index (χ0) is 11.2. The van der Waals surface area contributed by atoms with Gasteiger partial charge in [0.1, 0.15) is 0 Å². The van der Waals surface area contributed by atoms with E-state index in [2.05, 4.69) is 23.2 Å². The van der Waals surface area contributed by atoms with Gasteiger partial charge < -0.3 is 0 Å². The lowest BCUT2D eigenvalue weighted by atomic mass is 10.1. The molecule has 0 aliphatic carbocycles. The second-order valence-corrected chi connectivity index (χ2v) is 4.21. The summed E-state index contributed by atoms with van der Waals surface area (Å²) in [5.74, 6) is 0. The number of rotatable bonds is 4. The van der Waals surface area contributed by atoms with Gasteiger partial charge in [-0.05, 0) is 48.6 Å². The van der Waals surface area contributed by atoms with Gasteiger partial charge in [-0.25, -0.2) is 0 Å². The van der Waals surface area contributed by atoms with E-state index in [1.54, 1.807) is 0 Å². The molecular weight excluding hydrogens is 218 g/mol. The van der Waals surface area contributed by atoms with Crippen LogP contribution in [0.4, 0.5) is 0 Å². The number of aryl methyl sites for hydroxylation is 2. The molecule has 2 rings (SSSR count). The van der Waals surface area contributed by atoms with Gasteiger partial charge in [0.15, 0.2) is 0 Å². The van der Waals surface area contributed by atoms with Crippen LogP contribution in [0.2, 0.25) is 5.02 Å². The number of aromatic nitrogens is 1. The molecule has 0 atom stereocenters. The van der Waals surface area contributed by atoms with E-state index in [4.69, 9.17) is 11.6 Å². The van der Waals surface area contributed by atoms with Crippen LogP contribution in [0.15, 0.2) is 48.8 Å². The minimum atomic E-state index is 0.872. The Morgan fingerprint density at radius 3 is 2.44 bits per heavy atom. The Morgan fingerprint density at radius 1 is 0.938 bits per heavy atom. The topological polar surface area (TPSA) is 12.9 Å².